The van der Waals surface area contributed by atoms with Gasteiger partial charge in [0.25, 0.3) is 0 Å². The first-order valence-corrected chi connectivity index (χ1v) is 12.0. The zero-order valence-corrected chi connectivity index (χ0v) is 20.6. The molecule has 1 fully saturated rings. The van der Waals surface area contributed by atoms with Gasteiger partial charge in [0.05, 0.1) is 5.70 Å². The molecule has 1 saturated heterocycles. The van der Waals surface area contributed by atoms with Crippen molar-refractivity contribution >= 4 is 11.5 Å². The van der Waals surface area contributed by atoms with Crippen LogP contribution in [0.2, 0.25) is 0 Å². The van der Waals surface area contributed by atoms with Gasteiger partial charge in [0.2, 0.25) is 0 Å². The highest BCUT2D eigenvalue weighted by molar-refractivity contribution is 6.08. The summed E-state index contributed by atoms with van der Waals surface area (Å²) in [7, 11) is 0. The smallest absolute Gasteiger partial charge is 0.190 e. The lowest BCUT2D eigenvalue weighted by Crippen LogP contribution is -2.42. The SMILES string of the molecule is CCC(=CN1CCC2(C=C(c3ccc(C)cc3)NO2)CC1)C(=O)c1ccc(C(C)(C)C)cc1. The number of rotatable bonds is 5. The maximum absolute atomic E-state index is 13.1. The van der Waals surface area contributed by atoms with Crippen LogP contribution in [0, 0.1) is 6.92 Å². The summed E-state index contributed by atoms with van der Waals surface area (Å²) in [4.78, 5) is 21.5. The number of carbonyl (C=O) groups is 1. The van der Waals surface area contributed by atoms with Crippen LogP contribution in [0.4, 0.5) is 0 Å². The fourth-order valence-corrected chi connectivity index (χ4v) is 4.47. The summed E-state index contributed by atoms with van der Waals surface area (Å²) in [6, 6.07) is 16.6. The van der Waals surface area contributed by atoms with Gasteiger partial charge in [-0.25, -0.2) is 0 Å². The van der Waals surface area contributed by atoms with Crippen molar-refractivity contribution in [2.75, 3.05) is 13.1 Å². The maximum atomic E-state index is 13.1. The minimum Gasteiger partial charge on any atom is -0.377 e. The topological polar surface area (TPSA) is 41.6 Å². The zero-order chi connectivity index (χ0) is 23.6. The number of benzene rings is 2. The van der Waals surface area contributed by atoms with E-state index in [1.54, 1.807) is 0 Å². The predicted octanol–water partition coefficient (Wildman–Crippen LogP) is 6.18. The molecule has 0 saturated carbocycles. The molecule has 1 N–H and O–H groups in total. The highest BCUT2D eigenvalue weighted by atomic mass is 16.7. The maximum Gasteiger partial charge on any atom is 0.190 e. The van der Waals surface area contributed by atoms with Crippen LogP contribution in [0.5, 0.6) is 0 Å². The zero-order valence-electron chi connectivity index (χ0n) is 20.6. The number of allylic oxidation sites excluding steroid dienone is 1. The van der Waals surface area contributed by atoms with Gasteiger partial charge in [-0.1, -0.05) is 81.8 Å². The number of hydrogen-bond acceptors (Lipinski definition) is 4. The van der Waals surface area contributed by atoms with Crippen LogP contribution in [-0.4, -0.2) is 29.4 Å². The lowest BCUT2D eigenvalue weighted by Gasteiger charge is -2.36. The molecule has 1 spiro atoms. The predicted molar refractivity (Wildman–Crippen MR) is 135 cm³/mol. The molecule has 174 valence electrons. The Balaban J connectivity index is 1.42. The second kappa shape index (κ2) is 9.18. The number of hydrogen-bond donors (Lipinski definition) is 1. The van der Waals surface area contributed by atoms with Crippen molar-refractivity contribution in [3.05, 3.63) is 88.6 Å². The molecule has 0 amide bonds. The van der Waals surface area contributed by atoms with Gasteiger partial charge in [-0.2, -0.15) is 0 Å². The third-order valence-electron chi connectivity index (χ3n) is 6.80. The number of nitrogens with one attached hydrogen (secondary N) is 1. The number of hydroxylamine groups is 1. The standard InChI is InChI=1S/C29H36N2O2/c1-6-22(27(32)24-11-13-25(14-12-24)28(3,4)5)20-31-17-15-29(16-18-31)19-26(30-33-29)23-9-7-21(2)8-10-23/h7-14,19-20,30H,6,15-18H2,1-5H3. The molecule has 0 radical (unpaired) electrons. The van der Waals surface area contributed by atoms with Crippen LogP contribution in [0.3, 0.4) is 0 Å². The fourth-order valence-electron chi connectivity index (χ4n) is 4.47. The van der Waals surface area contributed by atoms with Gasteiger partial charge in [0.15, 0.2) is 5.78 Å². The number of piperidine rings is 1. The Morgan fingerprint density at radius 3 is 2.27 bits per heavy atom. The summed E-state index contributed by atoms with van der Waals surface area (Å²) < 4.78 is 0. The minimum absolute atomic E-state index is 0.0830. The molecule has 0 aromatic heterocycles. The van der Waals surface area contributed by atoms with Crippen LogP contribution in [0.1, 0.15) is 74.0 Å². The van der Waals surface area contributed by atoms with Crippen molar-refractivity contribution in [1.29, 1.82) is 0 Å². The van der Waals surface area contributed by atoms with Gasteiger partial charge in [-0.3, -0.25) is 15.1 Å². The van der Waals surface area contributed by atoms with Crippen molar-refractivity contribution in [2.24, 2.45) is 0 Å². The van der Waals surface area contributed by atoms with Crippen molar-refractivity contribution in [3.63, 3.8) is 0 Å². The van der Waals surface area contributed by atoms with Crippen LogP contribution in [-0.2, 0) is 10.3 Å². The van der Waals surface area contributed by atoms with Gasteiger partial charge in [-0.05, 0) is 36.0 Å². The third-order valence-corrected chi connectivity index (χ3v) is 6.80. The summed E-state index contributed by atoms with van der Waals surface area (Å²) in [5.74, 6) is 0.124. The minimum atomic E-state index is -0.274. The monoisotopic (exact) mass is 444 g/mol. The van der Waals surface area contributed by atoms with Crippen LogP contribution in [0.15, 0.2) is 66.4 Å². The van der Waals surface area contributed by atoms with Crippen molar-refractivity contribution in [3.8, 4) is 0 Å². The van der Waals surface area contributed by atoms with Crippen LogP contribution >= 0.6 is 0 Å². The Kier molecular flexibility index (Phi) is 6.49. The highest BCUT2D eigenvalue weighted by Crippen LogP contribution is 2.35. The molecular weight excluding hydrogens is 408 g/mol. The van der Waals surface area contributed by atoms with E-state index in [1.807, 2.05) is 12.1 Å². The molecule has 0 aliphatic carbocycles. The second-order valence-electron chi connectivity index (χ2n) is 10.4. The van der Waals surface area contributed by atoms with Crippen molar-refractivity contribution in [1.82, 2.24) is 10.4 Å². The van der Waals surface area contributed by atoms with E-state index in [2.05, 4.69) is 93.7 Å². The van der Waals surface area contributed by atoms with E-state index in [0.29, 0.717) is 0 Å². The molecule has 2 heterocycles. The van der Waals surface area contributed by atoms with E-state index in [0.717, 1.165) is 54.7 Å². The highest BCUT2D eigenvalue weighted by Gasteiger charge is 2.38. The van der Waals surface area contributed by atoms with Crippen LogP contribution < -0.4 is 5.48 Å². The summed E-state index contributed by atoms with van der Waals surface area (Å²) in [6.45, 7) is 12.4. The lowest BCUT2D eigenvalue weighted by atomic mass is 9.86. The molecule has 4 nitrogen and oxygen atoms in total. The van der Waals surface area contributed by atoms with Gasteiger partial charge < -0.3 is 4.90 Å². The Bertz CT molecular complexity index is 1050. The molecule has 4 rings (SSSR count). The van der Waals surface area contributed by atoms with E-state index in [1.165, 1.54) is 11.1 Å². The summed E-state index contributed by atoms with van der Waals surface area (Å²) in [5.41, 5.74) is 9.26. The van der Waals surface area contributed by atoms with E-state index >= 15 is 0 Å². The van der Waals surface area contributed by atoms with E-state index < -0.39 is 0 Å². The molecular formula is C29H36N2O2. The van der Waals surface area contributed by atoms with Crippen LogP contribution in [0.25, 0.3) is 5.70 Å². The largest absolute Gasteiger partial charge is 0.377 e. The first-order chi connectivity index (χ1) is 15.7. The third kappa shape index (κ3) is 5.22. The summed E-state index contributed by atoms with van der Waals surface area (Å²) in [6.07, 6.45) is 6.80. The summed E-state index contributed by atoms with van der Waals surface area (Å²) >= 11 is 0. The molecule has 0 atom stereocenters. The number of likely N-dealkylation sites (tertiary alicyclic amines) is 1. The Hall–Kier alpha value is -2.85. The lowest BCUT2D eigenvalue weighted by molar-refractivity contribution is -0.0640. The number of carbonyl (C=O) groups excluding carboxylic acids is 1. The van der Waals surface area contributed by atoms with Crippen molar-refractivity contribution < 1.29 is 9.63 Å². The molecule has 0 unspecified atom stereocenters. The average molecular weight is 445 g/mol. The number of ketones is 1. The Labute approximate surface area is 198 Å². The van der Waals surface area contributed by atoms with Gasteiger partial charge in [-0.15, -0.1) is 0 Å². The quantitative estimate of drug-likeness (QED) is 0.442. The number of nitrogens with zero attached hydrogens (tertiary/aromatic N) is 1. The Morgan fingerprint density at radius 1 is 1.06 bits per heavy atom. The second-order valence-corrected chi connectivity index (χ2v) is 10.4. The number of aryl methyl sites for hydroxylation is 1. The molecule has 2 aliphatic heterocycles. The van der Waals surface area contributed by atoms with Gasteiger partial charge in [0.1, 0.15) is 5.60 Å². The first kappa shape index (κ1) is 23.3. The van der Waals surface area contributed by atoms with E-state index in [4.69, 9.17) is 4.84 Å². The molecule has 0 bridgehead atoms. The first-order valence-electron chi connectivity index (χ1n) is 12.0. The Morgan fingerprint density at radius 2 is 1.70 bits per heavy atom. The molecule has 4 heteroatoms. The fraction of sp³-hybridized carbons (Fsp3) is 0.414. The van der Waals surface area contributed by atoms with E-state index in [9.17, 15) is 4.79 Å². The molecule has 2 aliphatic rings. The normalized spacial score (nSPS) is 18.3. The number of Topliss-reactive ketones (excluding diaryl/α,β-unsaturated/α-hetero) is 1. The molecule has 33 heavy (non-hydrogen) atoms. The summed E-state index contributed by atoms with van der Waals surface area (Å²) in [5, 5.41) is 0. The van der Waals surface area contributed by atoms with Crippen molar-refractivity contribution in [2.45, 2.75) is 64.9 Å². The average Bonchev–Trinajstić information content (AvgIpc) is 3.22. The molecule has 2 aromatic carbocycles. The van der Waals surface area contributed by atoms with Gasteiger partial charge in [0, 0.05) is 43.3 Å². The molecule has 2 aromatic rings. The van der Waals surface area contributed by atoms with E-state index in [-0.39, 0.29) is 16.8 Å². The van der Waals surface area contributed by atoms with Gasteiger partial charge >= 0.3 is 0 Å².